The molecule has 7 aromatic rings. The Balaban J connectivity index is 0.995. The molecule has 0 saturated carbocycles. The number of benzene rings is 2. The van der Waals surface area contributed by atoms with Crippen LogP contribution in [0, 0.1) is 0 Å². The summed E-state index contributed by atoms with van der Waals surface area (Å²) in [6, 6.07) is 18.6. The maximum atomic E-state index is 6.47. The molecule has 0 atom stereocenters. The van der Waals surface area contributed by atoms with E-state index in [0.717, 1.165) is 22.7 Å². The number of unbranched alkanes of at least 4 members (excludes halogenated alkanes) is 14. The van der Waals surface area contributed by atoms with E-state index in [1.165, 1.54) is 167 Å². The minimum absolute atomic E-state index is 0.241. The standard InChI is InChI=1S/C44H52O2S2Se/c1-3-5-7-9-11-13-15-17-19-31-21-41(47-29-31)39-25-33-23-35-36-24-34-26-40(46-38(34)28-44(36)49-43(35)27-37(33)45-39)42-22-32(30-48-42)20-18-16-14-12-10-8-6-4-2/h21-30H,3-20H2,1-2H3. The Morgan fingerprint density at radius 2 is 0.878 bits per heavy atom. The van der Waals surface area contributed by atoms with Gasteiger partial charge in [0, 0.05) is 0 Å². The van der Waals surface area contributed by atoms with Gasteiger partial charge in [-0.15, -0.1) is 0 Å². The molecule has 258 valence electrons. The Morgan fingerprint density at radius 1 is 0.469 bits per heavy atom. The zero-order valence-corrected chi connectivity index (χ0v) is 32.9. The predicted molar refractivity (Wildman–Crippen MR) is 217 cm³/mol. The van der Waals surface area contributed by atoms with Crippen LogP contribution in [0.5, 0.6) is 0 Å². The van der Waals surface area contributed by atoms with E-state index in [1.54, 1.807) is 0 Å². The molecule has 0 fully saturated rings. The van der Waals surface area contributed by atoms with Crippen LogP contribution in [0.25, 0.3) is 62.5 Å². The Labute approximate surface area is 306 Å². The van der Waals surface area contributed by atoms with E-state index in [4.69, 9.17) is 8.83 Å². The third-order valence-electron chi connectivity index (χ3n) is 10.2. The van der Waals surface area contributed by atoms with E-state index in [2.05, 4.69) is 73.1 Å². The van der Waals surface area contributed by atoms with Crippen molar-refractivity contribution in [2.45, 2.75) is 129 Å². The molecule has 0 spiro atoms. The van der Waals surface area contributed by atoms with Crippen molar-refractivity contribution < 1.29 is 8.83 Å². The number of thiophene rings is 2. The molecule has 49 heavy (non-hydrogen) atoms. The maximum absolute atomic E-state index is 6.47. The van der Waals surface area contributed by atoms with Crippen LogP contribution >= 0.6 is 22.7 Å². The zero-order chi connectivity index (χ0) is 33.4. The quantitative estimate of drug-likeness (QED) is 0.0572. The molecule has 0 N–H and O–H groups in total. The summed E-state index contributed by atoms with van der Waals surface area (Å²) < 4.78 is 15.8. The predicted octanol–water partition coefficient (Wildman–Crippen LogP) is 15.4. The van der Waals surface area contributed by atoms with E-state index in [1.807, 2.05) is 22.7 Å². The number of rotatable bonds is 20. The second-order valence-corrected chi connectivity index (χ2v) is 18.3. The van der Waals surface area contributed by atoms with Crippen LogP contribution in [-0.2, 0) is 12.8 Å². The van der Waals surface area contributed by atoms with E-state index >= 15 is 0 Å². The van der Waals surface area contributed by atoms with Gasteiger partial charge in [0.15, 0.2) is 0 Å². The van der Waals surface area contributed by atoms with Gasteiger partial charge < -0.3 is 0 Å². The Kier molecular flexibility index (Phi) is 12.2. The number of hydrogen-bond acceptors (Lipinski definition) is 4. The second kappa shape index (κ2) is 17.1. The molecule has 0 aliphatic carbocycles. The van der Waals surface area contributed by atoms with E-state index < -0.39 is 0 Å². The first-order valence-corrected chi connectivity index (χ1v) is 22.6. The first kappa shape index (κ1) is 34.9. The number of hydrogen-bond donors (Lipinski definition) is 0. The average molecular weight is 756 g/mol. The van der Waals surface area contributed by atoms with Crippen LogP contribution in [0.3, 0.4) is 0 Å². The molecule has 2 aromatic carbocycles. The Morgan fingerprint density at radius 3 is 1.31 bits per heavy atom. The fourth-order valence-electron chi connectivity index (χ4n) is 7.29. The molecule has 0 radical (unpaired) electrons. The molecule has 2 nitrogen and oxygen atoms in total. The van der Waals surface area contributed by atoms with Crippen molar-refractivity contribution in [3.63, 3.8) is 0 Å². The molecule has 0 aliphatic rings. The summed E-state index contributed by atoms with van der Waals surface area (Å²) in [5.74, 6) is 2.01. The van der Waals surface area contributed by atoms with Gasteiger partial charge in [-0.05, 0) is 0 Å². The monoisotopic (exact) mass is 756 g/mol. The molecule has 5 aromatic heterocycles. The van der Waals surface area contributed by atoms with Gasteiger partial charge in [-0.3, -0.25) is 0 Å². The van der Waals surface area contributed by atoms with Crippen molar-refractivity contribution in [1.82, 2.24) is 0 Å². The summed E-state index contributed by atoms with van der Waals surface area (Å²) in [4.78, 5) is 2.50. The summed E-state index contributed by atoms with van der Waals surface area (Å²) in [5.41, 5.74) is 4.93. The molecule has 0 aliphatic heterocycles. The summed E-state index contributed by atoms with van der Waals surface area (Å²) in [6.07, 6.45) is 24.2. The molecule has 0 amide bonds. The first-order chi connectivity index (χ1) is 24.2. The normalized spacial score (nSPS) is 12.1. The molecule has 5 heterocycles. The van der Waals surface area contributed by atoms with Crippen LogP contribution in [-0.4, -0.2) is 14.5 Å². The summed E-state index contributed by atoms with van der Waals surface area (Å²) in [6.45, 7) is 4.58. The van der Waals surface area contributed by atoms with Gasteiger partial charge in [-0.2, -0.15) is 0 Å². The Bertz CT molecular complexity index is 1930. The van der Waals surface area contributed by atoms with Gasteiger partial charge >= 0.3 is 230 Å². The van der Waals surface area contributed by atoms with Crippen molar-refractivity contribution in [3.8, 4) is 21.3 Å². The van der Waals surface area contributed by atoms with Crippen molar-refractivity contribution >= 4 is 78.4 Å². The van der Waals surface area contributed by atoms with Crippen LogP contribution in [0.4, 0.5) is 0 Å². The fraction of sp³-hybridized carbons (Fsp3) is 0.455. The zero-order valence-electron chi connectivity index (χ0n) is 29.5. The molecule has 0 saturated heterocycles. The third kappa shape index (κ3) is 8.67. The van der Waals surface area contributed by atoms with Crippen LogP contribution < -0.4 is 0 Å². The first-order valence-electron chi connectivity index (χ1n) is 19.2. The number of furan rings is 2. The summed E-state index contributed by atoms with van der Waals surface area (Å²) in [7, 11) is 0. The van der Waals surface area contributed by atoms with E-state index in [9.17, 15) is 0 Å². The van der Waals surface area contributed by atoms with E-state index in [0.29, 0.717) is 0 Å². The summed E-state index contributed by atoms with van der Waals surface area (Å²) in [5, 5.41) is 9.80. The molecule has 7 rings (SSSR count). The van der Waals surface area contributed by atoms with Crippen molar-refractivity contribution in [1.29, 1.82) is 0 Å². The van der Waals surface area contributed by atoms with Gasteiger partial charge in [0.2, 0.25) is 0 Å². The van der Waals surface area contributed by atoms with Gasteiger partial charge in [0.25, 0.3) is 0 Å². The minimum atomic E-state index is 0.241. The van der Waals surface area contributed by atoms with Gasteiger partial charge in [-0.25, -0.2) is 0 Å². The molecular weight excluding hydrogens is 704 g/mol. The van der Waals surface area contributed by atoms with E-state index in [-0.39, 0.29) is 14.5 Å². The topological polar surface area (TPSA) is 26.3 Å². The average Bonchev–Trinajstić information content (AvgIpc) is 3.94. The number of fused-ring (bicyclic) bond motifs is 5. The van der Waals surface area contributed by atoms with Gasteiger partial charge in [-0.1, -0.05) is 78.1 Å². The van der Waals surface area contributed by atoms with Gasteiger partial charge in [0.05, 0.1) is 0 Å². The number of aryl methyl sites for hydroxylation is 2. The molecular formula is C44H52O2S2Se. The fourth-order valence-corrected chi connectivity index (χ4v) is 11.4. The van der Waals surface area contributed by atoms with Crippen molar-refractivity contribution in [2.75, 3.05) is 0 Å². The Hall–Kier alpha value is -2.56. The van der Waals surface area contributed by atoms with Gasteiger partial charge in [0.1, 0.15) is 0 Å². The van der Waals surface area contributed by atoms with Crippen molar-refractivity contribution in [2.24, 2.45) is 0 Å². The second-order valence-electron chi connectivity index (χ2n) is 14.2. The SMILES string of the molecule is CCCCCCCCCCc1csc(-c2cc3cc4c(cc3o2)[se]c2cc3oc(-c5cc(CCCCCCCCCC)cs5)cc3cc24)c1. The van der Waals surface area contributed by atoms with Crippen molar-refractivity contribution in [3.05, 3.63) is 70.4 Å². The van der Waals surface area contributed by atoms with Crippen LogP contribution in [0.2, 0.25) is 0 Å². The van der Waals surface area contributed by atoms with Crippen LogP contribution in [0.1, 0.15) is 128 Å². The summed E-state index contributed by atoms with van der Waals surface area (Å²) >= 11 is 3.89. The molecule has 5 heteroatoms. The third-order valence-corrected chi connectivity index (χ3v) is 14.5. The molecule has 0 bridgehead atoms. The molecule has 0 unspecified atom stereocenters. The van der Waals surface area contributed by atoms with Crippen LogP contribution in [0.15, 0.2) is 68.1 Å².